The Morgan fingerprint density at radius 3 is 2.48 bits per heavy atom. The number of carbonyl (C=O) groups excluding carboxylic acids is 1. The number of piperidine rings is 2. The van der Waals surface area contributed by atoms with E-state index in [2.05, 4.69) is 52.1 Å². The van der Waals surface area contributed by atoms with Gasteiger partial charge in [0.1, 0.15) is 23.0 Å². The van der Waals surface area contributed by atoms with Crippen LogP contribution in [0.4, 0.5) is 28.6 Å². The van der Waals surface area contributed by atoms with Crippen LogP contribution in [0.1, 0.15) is 44.6 Å². The van der Waals surface area contributed by atoms with Crippen molar-refractivity contribution in [3.05, 3.63) is 66.7 Å². The number of anilines is 5. The SMILES string of the molecule is C=CC(=O)Nc1cc(Oc2nc(Nc3ccc(N4CCC(C)(N)CC4)cc3OC)ccc2N2CCCCC2)ccc1C. The number of hydrogen-bond acceptors (Lipinski definition) is 8. The number of ether oxygens (including phenoxy) is 2. The molecule has 0 saturated carbocycles. The first-order chi connectivity index (χ1) is 20.2. The predicted molar refractivity (Wildman–Crippen MR) is 171 cm³/mol. The lowest BCUT2D eigenvalue weighted by Crippen LogP contribution is -2.48. The van der Waals surface area contributed by atoms with Crippen LogP contribution in [-0.4, -0.2) is 49.7 Å². The van der Waals surface area contributed by atoms with Crippen LogP contribution in [0.5, 0.6) is 17.4 Å². The Labute approximate surface area is 248 Å². The number of nitrogens with two attached hydrogens (primary N) is 1. The highest BCUT2D eigenvalue weighted by Gasteiger charge is 2.26. The summed E-state index contributed by atoms with van der Waals surface area (Å²) in [7, 11) is 1.68. The number of carbonyl (C=O) groups is 1. The molecule has 2 fully saturated rings. The molecule has 1 aromatic heterocycles. The molecular weight excluding hydrogens is 528 g/mol. The number of pyridine rings is 1. The molecule has 222 valence electrons. The summed E-state index contributed by atoms with van der Waals surface area (Å²) in [4.78, 5) is 21.5. The van der Waals surface area contributed by atoms with Gasteiger partial charge in [-0.2, -0.15) is 4.98 Å². The van der Waals surface area contributed by atoms with Gasteiger partial charge in [0.2, 0.25) is 11.8 Å². The largest absolute Gasteiger partial charge is 0.494 e. The van der Waals surface area contributed by atoms with E-state index < -0.39 is 0 Å². The minimum atomic E-state index is -0.272. The molecule has 9 nitrogen and oxygen atoms in total. The molecule has 2 saturated heterocycles. The van der Waals surface area contributed by atoms with Crippen molar-refractivity contribution >= 4 is 34.5 Å². The van der Waals surface area contributed by atoms with Gasteiger partial charge >= 0.3 is 0 Å². The van der Waals surface area contributed by atoms with E-state index in [0.29, 0.717) is 23.1 Å². The molecule has 4 N–H and O–H groups in total. The highest BCUT2D eigenvalue weighted by atomic mass is 16.5. The fraction of sp³-hybridized carbons (Fsp3) is 0.394. The average molecular weight is 571 g/mol. The van der Waals surface area contributed by atoms with Gasteiger partial charge in [-0.1, -0.05) is 12.6 Å². The molecule has 0 spiro atoms. The molecule has 2 aliphatic heterocycles. The molecule has 42 heavy (non-hydrogen) atoms. The van der Waals surface area contributed by atoms with E-state index in [4.69, 9.17) is 20.2 Å². The van der Waals surface area contributed by atoms with E-state index in [0.717, 1.165) is 80.2 Å². The van der Waals surface area contributed by atoms with E-state index >= 15 is 0 Å². The van der Waals surface area contributed by atoms with Gasteiger partial charge in [-0.05, 0) is 87.9 Å². The Hall–Kier alpha value is -4.24. The Morgan fingerprint density at radius 1 is 1.00 bits per heavy atom. The first-order valence-electron chi connectivity index (χ1n) is 14.7. The first-order valence-corrected chi connectivity index (χ1v) is 14.7. The van der Waals surface area contributed by atoms with Crippen molar-refractivity contribution in [2.24, 2.45) is 5.73 Å². The quantitative estimate of drug-likeness (QED) is 0.255. The highest BCUT2D eigenvalue weighted by molar-refractivity contribution is 5.99. The van der Waals surface area contributed by atoms with Crippen molar-refractivity contribution in [2.75, 3.05) is 53.7 Å². The molecule has 0 unspecified atom stereocenters. The second-order valence-corrected chi connectivity index (χ2v) is 11.5. The fourth-order valence-corrected chi connectivity index (χ4v) is 5.44. The van der Waals surface area contributed by atoms with E-state index in [1.807, 2.05) is 37.3 Å². The van der Waals surface area contributed by atoms with Crippen LogP contribution in [0, 0.1) is 6.92 Å². The summed E-state index contributed by atoms with van der Waals surface area (Å²) < 4.78 is 12.2. The molecule has 9 heteroatoms. The third-order valence-electron chi connectivity index (χ3n) is 8.12. The summed E-state index contributed by atoms with van der Waals surface area (Å²) in [5.74, 6) is 2.19. The Balaban J connectivity index is 1.41. The summed E-state index contributed by atoms with van der Waals surface area (Å²) in [6.45, 7) is 11.3. The second-order valence-electron chi connectivity index (χ2n) is 11.5. The monoisotopic (exact) mass is 570 g/mol. The lowest BCUT2D eigenvalue weighted by molar-refractivity contribution is -0.111. The summed E-state index contributed by atoms with van der Waals surface area (Å²) in [5, 5.41) is 6.29. The van der Waals surface area contributed by atoms with Gasteiger partial charge in [0.05, 0.1) is 12.8 Å². The molecule has 2 aliphatic rings. The third kappa shape index (κ3) is 6.97. The summed E-state index contributed by atoms with van der Waals surface area (Å²) >= 11 is 0. The lowest BCUT2D eigenvalue weighted by atomic mass is 9.91. The van der Waals surface area contributed by atoms with Crippen LogP contribution in [-0.2, 0) is 4.79 Å². The van der Waals surface area contributed by atoms with Gasteiger partial charge in [0.25, 0.3) is 0 Å². The predicted octanol–water partition coefficient (Wildman–Crippen LogP) is 6.37. The third-order valence-corrected chi connectivity index (χ3v) is 8.12. The van der Waals surface area contributed by atoms with Crippen LogP contribution >= 0.6 is 0 Å². The van der Waals surface area contributed by atoms with Gasteiger partial charge < -0.3 is 35.6 Å². The maximum Gasteiger partial charge on any atom is 0.247 e. The topological polar surface area (TPSA) is 105 Å². The number of rotatable bonds is 9. The summed E-state index contributed by atoms with van der Waals surface area (Å²) in [6.07, 6.45) is 6.65. The zero-order chi connectivity index (χ0) is 29.7. The van der Waals surface area contributed by atoms with E-state index in [1.165, 1.54) is 12.5 Å². The second kappa shape index (κ2) is 12.7. The van der Waals surface area contributed by atoms with Crippen molar-refractivity contribution in [2.45, 2.75) is 51.5 Å². The molecule has 3 aromatic rings. The van der Waals surface area contributed by atoms with E-state index in [-0.39, 0.29) is 11.4 Å². The Kier molecular flexibility index (Phi) is 8.87. The smallest absolute Gasteiger partial charge is 0.247 e. The van der Waals surface area contributed by atoms with Gasteiger partial charge in [-0.3, -0.25) is 4.79 Å². The van der Waals surface area contributed by atoms with Gasteiger partial charge in [0.15, 0.2) is 0 Å². The van der Waals surface area contributed by atoms with E-state index in [1.54, 1.807) is 7.11 Å². The van der Waals surface area contributed by atoms with E-state index in [9.17, 15) is 4.79 Å². The van der Waals surface area contributed by atoms with Crippen LogP contribution in [0.2, 0.25) is 0 Å². The molecule has 0 radical (unpaired) electrons. The minimum absolute atomic E-state index is 0.104. The molecular formula is C33H42N6O3. The first kappa shape index (κ1) is 29.3. The Morgan fingerprint density at radius 2 is 1.76 bits per heavy atom. The number of hydrogen-bond donors (Lipinski definition) is 3. The number of benzene rings is 2. The molecule has 0 aliphatic carbocycles. The van der Waals surface area contributed by atoms with Gasteiger partial charge in [-0.15, -0.1) is 0 Å². The lowest BCUT2D eigenvalue weighted by Gasteiger charge is -2.38. The van der Waals surface area contributed by atoms with Gasteiger partial charge in [-0.25, -0.2) is 0 Å². The Bertz CT molecular complexity index is 1420. The minimum Gasteiger partial charge on any atom is -0.494 e. The van der Waals surface area contributed by atoms with Crippen molar-refractivity contribution in [1.82, 2.24) is 4.98 Å². The zero-order valence-electron chi connectivity index (χ0n) is 24.9. The number of nitrogens with one attached hydrogen (secondary N) is 2. The molecule has 0 bridgehead atoms. The maximum absolute atomic E-state index is 12.0. The number of nitrogens with zero attached hydrogens (tertiary/aromatic N) is 3. The molecule has 1 amide bonds. The van der Waals surface area contributed by atoms with Gasteiger partial charge in [0, 0.05) is 55.2 Å². The van der Waals surface area contributed by atoms with Crippen LogP contribution in [0.25, 0.3) is 0 Å². The van der Waals surface area contributed by atoms with Crippen LogP contribution in [0.15, 0.2) is 61.2 Å². The van der Waals surface area contributed by atoms with Crippen molar-refractivity contribution in [3.8, 4) is 17.4 Å². The molecule has 3 heterocycles. The molecule has 0 atom stereocenters. The molecule has 5 rings (SSSR count). The maximum atomic E-state index is 12.0. The van der Waals surface area contributed by atoms with Crippen molar-refractivity contribution in [3.63, 3.8) is 0 Å². The van der Waals surface area contributed by atoms with Crippen LogP contribution < -0.4 is 35.6 Å². The van der Waals surface area contributed by atoms with Crippen LogP contribution in [0.3, 0.4) is 0 Å². The highest BCUT2D eigenvalue weighted by Crippen LogP contribution is 2.38. The van der Waals surface area contributed by atoms with Crippen molar-refractivity contribution < 1.29 is 14.3 Å². The standard InChI is InChI=1S/C33H42N6O3/c1-5-31(40)36-27-22-25(11-9-23(27)2)42-32-28(39-17-7-6-8-18-39)13-14-30(37-32)35-26-12-10-24(21-29(26)41-4)38-19-15-33(3,34)16-20-38/h5,9-14,21-22H,1,6-8,15-20,34H2,2-4H3,(H,35,37)(H,36,40). The normalized spacial score (nSPS) is 16.5. The number of amides is 1. The molecule has 2 aromatic carbocycles. The number of methoxy groups -OCH3 is 1. The average Bonchev–Trinajstić information content (AvgIpc) is 2.99. The zero-order valence-corrected chi connectivity index (χ0v) is 24.9. The summed E-state index contributed by atoms with van der Waals surface area (Å²) in [6, 6.07) is 15.8. The summed E-state index contributed by atoms with van der Waals surface area (Å²) in [5.41, 5.74) is 10.7. The van der Waals surface area contributed by atoms with Crippen molar-refractivity contribution in [1.29, 1.82) is 0 Å². The number of aryl methyl sites for hydroxylation is 1. The fourth-order valence-electron chi connectivity index (χ4n) is 5.44. The number of aromatic nitrogens is 1.